The lowest BCUT2D eigenvalue weighted by Gasteiger charge is -2.20. The van der Waals surface area contributed by atoms with Crippen LogP contribution in [0.25, 0.3) is 10.8 Å². The summed E-state index contributed by atoms with van der Waals surface area (Å²) in [6.07, 6.45) is 0.463. The number of likely N-dealkylation sites (N-methyl/N-ethyl adjacent to an activating group) is 1. The number of anilines is 1. The van der Waals surface area contributed by atoms with Crippen LogP contribution in [0.2, 0.25) is 0 Å². The summed E-state index contributed by atoms with van der Waals surface area (Å²) in [5.74, 6) is 0.0652. The monoisotopic (exact) mass is 443 g/mol. The van der Waals surface area contributed by atoms with Crippen LogP contribution in [-0.4, -0.2) is 31.2 Å². The number of nitriles is 1. The number of nitrogens with zero attached hydrogens (tertiary/aromatic N) is 2. The van der Waals surface area contributed by atoms with Crippen molar-refractivity contribution >= 4 is 40.0 Å². The smallest absolute Gasteiger partial charge is 0.264 e. The first-order chi connectivity index (χ1) is 15.6. The Balaban J connectivity index is 1.81. The molecule has 4 rings (SSSR count). The van der Waals surface area contributed by atoms with E-state index in [1.54, 1.807) is 7.11 Å². The molecule has 0 aliphatic carbocycles. The third-order valence-corrected chi connectivity index (χ3v) is 6.58. The molecule has 1 fully saturated rings. The number of nitrogens with one attached hydrogen (secondary N) is 1. The van der Waals surface area contributed by atoms with Crippen molar-refractivity contribution in [2.75, 3.05) is 19.1 Å². The molecule has 3 aromatic rings. The minimum atomic E-state index is -0.516. The third-order valence-electron chi connectivity index (χ3n) is 5.32. The summed E-state index contributed by atoms with van der Waals surface area (Å²) in [6.45, 7) is 0. The maximum Gasteiger partial charge on any atom is 0.264 e. The number of thioether (sulfide) groups is 1. The molecule has 6 nitrogen and oxygen atoms in total. The Bertz CT molecular complexity index is 1260. The van der Waals surface area contributed by atoms with Gasteiger partial charge in [-0.2, -0.15) is 5.26 Å². The fourth-order valence-corrected chi connectivity index (χ4v) is 5.01. The highest BCUT2D eigenvalue weighted by molar-refractivity contribution is 8.05. The fourth-order valence-electron chi connectivity index (χ4n) is 3.71. The first kappa shape index (κ1) is 21.5. The second-order valence-corrected chi connectivity index (χ2v) is 8.39. The van der Waals surface area contributed by atoms with E-state index in [4.69, 9.17) is 4.74 Å². The lowest BCUT2D eigenvalue weighted by Crippen LogP contribution is -2.31. The molecule has 1 atom stereocenters. The molecule has 1 heterocycles. The molecule has 2 amide bonds. The Labute approximate surface area is 190 Å². The topological polar surface area (TPSA) is 82.4 Å². The lowest BCUT2D eigenvalue weighted by molar-refractivity contribution is -0.117. The molecule has 0 saturated carbocycles. The molecule has 1 aliphatic heterocycles. The predicted molar refractivity (Wildman–Crippen MR) is 126 cm³/mol. The summed E-state index contributed by atoms with van der Waals surface area (Å²) in [5.41, 5.74) is 1.55. The van der Waals surface area contributed by atoms with Crippen molar-refractivity contribution in [2.24, 2.45) is 0 Å². The second kappa shape index (κ2) is 9.16. The molecule has 0 spiro atoms. The van der Waals surface area contributed by atoms with Crippen molar-refractivity contribution < 1.29 is 14.3 Å². The maximum atomic E-state index is 13.6. The number of ether oxygens (including phenoxy) is 1. The first-order valence-electron chi connectivity index (χ1n) is 10.0. The number of rotatable bonds is 5. The van der Waals surface area contributed by atoms with Crippen molar-refractivity contribution in [3.8, 4) is 11.8 Å². The van der Waals surface area contributed by atoms with Crippen molar-refractivity contribution in [1.29, 1.82) is 5.26 Å². The van der Waals surface area contributed by atoms with E-state index in [1.165, 1.54) is 23.7 Å². The Morgan fingerprint density at radius 2 is 1.84 bits per heavy atom. The van der Waals surface area contributed by atoms with E-state index in [0.717, 1.165) is 22.1 Å². The minimum absolute atomic E-state index is 0.0731. The van der Waals surface area contributed by atoms with Gasteiger partial charge in [0.15, 0.2) is 0 Å². The fraction of sp³-hybridized carbons (Fsp3) is 0.160. The zero-order valence-corrected chi connectivity index (χ0v) is 18.5. The number of benzene rings is 3. The second-order valence-electron chi connectivity index (χ2n) is 7.20. The highest BCUT2D eigenvalue weighted by Gasteiger charge is 2.41. The summed E-state index contributed by atoms with van der Waals surface area (Å²) in [7, 11) is 3.07. The standard InChI is InChI=1S/C25H21N3O3S/c1-27-23(29)20(15-26)25-28(21-9-5-7-17-6-3-4-8-19(17)21)24(30)22(32-25)14-16-10-12-18(31-2)13-11-16/h3-13,22H,14H2,1-2H3,(H,27,29)/b25-20+/t22-/m1/s1. The van der Waals surface area contributed by atoms with E-state index in [1.807, 2.05) is 72.8 Å². The number of carbonyl (C=O) groups excluding carboxylic acids is 2. The van der Waals surface area contributed by atoms with E-state index in [9.17, 15) is 14.9 Å². The van der Waals surface area contributed by atoms with Gasteiger partial charge in [-0.1, -0.05) is 60.3 Å². The summed E-state index contributed by atoms with van der Waals surface area (Å²) >= 11 is 1.25. The van der Waals surface area contributed by atoms with Gasteiger partial charge in [0.05, 0.1) is 18.0 Å². The van der Waals surface area contributed by atoms with E-state index in [2.05, 4.69) is 5.32 Å². The van der Waals surface area contributed by atoms with E-state index in [0.29, 0.717) is 17.1 Å². The van der Waals surface area contributed by atoms with Gasteiger partial charge < -0.3 is 10.1 Å². The average molecular weight is 444 g/mol. The number of hydrogen-bond donors (Lipinski definition) is 1. The molecule has 1 saturated heterocycles. The van der Waals surface area contributed by atoms with Crippen LogP contribution in [0, 0.1) is 11.3 Å². The van der Waals surface area contributed by atoms with Gasteiger partial charge in [-0.15, -0.1) is 0 Å². The van der Waals surface area contributed by atoms with Gasteiger partial charge in [0, 0.05) is 12.4 Å². The van der Waals surface area contributed by atoms with Crippen LogP contribution >= 0.6 is 11.8 Å². The molecule has 7 heteroatoms. The summed E-state index contributed by atoms with van der Waals surface area (Å²) < 4.78 is 5.21. The van der Waals surface area contributed by atoms with Crippen LogP contribution in [-0.2, 0) is 16.0 Å². The van der Waals surface area contributed by atoms with Crippen LogP contribution in [0.3, 0.4) is 0 Å². The maximum absolute atomic E-state index is 13.6. The number of carbonyl (C=O) groups is 2. The van der Waals surface area contributed by atoms with Crippen LogP contribution < -0.4 is 15.0 Å². The number of fused-ring (bicyclic) bond motifs is 1. The Morgan fingerprint density at radius 3 is 2.53 bits per heavy atom. The van der Waals surface area contributed by atoms with Crippen LogP contribution in [0.5, 0.6) is 5.75 Å². The Morgan fingerprint density at radius 1 is 1.12 bits per heavy atom. The van der Waals surface area contributed by atoms with Gasteiger partial charge in [-0.05, 0) is 35.6 Å². The van der Waals surface area contributed by atoms with Gasteiger partial charge in [-0.3, -0.25) is 14.5 Å². The van der Waals surface area contributed by atoms with Gasteiger partial charge in [0.2, 0.25) is 5.91 Å². The SMILES string of the molecule is CNC(=O)/C(C#N)=C1/S[C@H](Cc2ccc(OC)cc2)C(=O)N1c1cccc2ccccc12. The van der Waals surface area contributed by atoms with E-state index < -0.39 is 11.2 Å². The molecule has 1 aliphatic rings. The van der Waals surface area contributed by atoms with Gasteiger partial charge >= 0.3 is 0 Å². The Hall–Kier alpha value is -3.76. The molecule has 0 unspecified atom stereocenters. The zero-order valence-electron chi connectivity index (χ0n) is 17.7. The average Bonchev–Trinajstić information content (AvgIpc) is 3.14. The van der Waals surface area contributed by atoms with E-state index >= 15 is 0 Å². The van der Waals surface area contributed by atoms with E-state index in [-0.39, 0.29) is 11.5 Å². The van der Waals surface area contributed by atoms with Crippen LogP contribution in [0.15, 0.2) is 77.3 Å². The van der Waals surface area contributed by atoms with Gasteiger partial charge in [-0.25, -0.2) is 0 Å². The van der Waals surface area contributed by atoms with Crippen molar-refractivity contribution in [3.63, 3.8) is 0 Å². The molecule has 1 N–H and O–H groups in total. The summed E-state index contributed by atoms with van der Waals surface area (Å²) in [6, 6.07) is 23.0. The molecule has 32 heavy (non-hydrogen) atoms. The molecule has 0 bridgehead atoms. The highest BCUT2D eigenvalue weighted by atomic mass is 32.2. The normalized spacial score (nSPS) is 17.2. The van der Waals surface area contributed by atoms with Gasteiger partial charge in [0.25, 0.3) is 5.91 Å². The third kappa shape index (κ3) is 3.93. The molecular formula is C25H21N3O3S. The van der Waals surface area contributed by atoms with Crippen LogP contribution in [0.4, 0.5) is 5.69 Å². The number of amides is 2. The molecule has 3 aromatic carbocycles. The van der Waals surface area contributed by atoms with Crippen molar-refractivity contribution in [1.82, 2.24) is 5.32 Å². The highest BCUT2D eigenvalue weighted by Crippen LogP contribution is 2.44. The molecule has 0 aromatic heterocycles. The predicted octanol–water partition coefficient (Wildman–Crippen LogP) is 4.02. The molecule has 0 radical (unpaired) electrons. The van der Waals surface area contributed by atoms with Crippen molar-refractivity contribution in [3.05, 3.63) is 82.9 Å². The summed E-state index contributed by atoms with van der Waals surface area (Å²) in [5, 5.41) is 14.0. The van der Waals surface area contributed by atoms with Crippen LogP contribution in [0.1, 0.15) is 5.56 Å². The first-order valence-corrected chi connectivity index (χ1v) is 10.9. The zero-order chi connectivity index (χ0) is 22.7. The van der Waals surface area contributed by atoms with Gasteiger partial charge in [0.1, 0.15) is 22.4 Å². The summed E-state index contributed by atoms with van der Waals surface area (Å²) in [4.78, 5) is 27.6. The minimum Gasteiger partial charge on any atom is -0.497 e. The Kier molecular flexibility index (Phi) is 6.15. The lowest BCUT2D eigenvalue weighted by atomic mass is 10.1. The number of hydrogen-bond acceptors (Lipinski definition) is 5. The van der Waals surface area contributed by atoms with Crippen molar-refractivity contribution in [2.45, 2.75) is 11.7 Å². The largest absolute Gasteiger partial charge is 0.497 e. The molecular weight excluding hydrogens is 422 g/mol. The molecule has 160 valence electrons. The number of methoxy groups -OCH3 is 1. The quantitative estimate of drug-likeness (QED) is 0.476.